The molecule has 34 heavy (non-hydrogen) atoms. The Morgan fingerprint density at radius 3 is 1.79 bits per heavy atom. The fraction of sp³-hybridized carbons (Fsp3) is 0.0741. The van der Waals surface area contributed by atoms with Crippen LogP contribution >= 0.6 is 22.6 Å². The molecule has 0 saturated heterocycles. The highest BCUT2D eigenvalue weighted by Crippen LogP contribution is 2.23. The molecule has 1 N–H and O–H groups in total. The number of H-pyrrole nitrogens is 1. The Kier molecular flexibility index (Phi) is 9.58. The van der Waals surface area contributed by atoms with Crippen molar-refractivity contribution in [2.24, 2.45) is 0 Å². The van der Waals surface area contributed by atoms with Crippen LogP contribution in [0.15, 0.2) is 97.1 Å². The number of benzene rings is 3. The maximum atomic E-state index is 13.0. The van der Waals surface area contributed by atoms with Gasteiger partial charge in [0.05, 0.1) is 5.56 Å². The van der Waals surface area contributed by atoms with Crippen molar-refractivity contribution in [3.05, 3.63) is 123 Å². The van der Waals surface area contributed by atoms with Gasteiger partial charge in [-0.3, -0.25) is 0 Å². The zero-order chi connectivity index (χ0) is 23.0. The van der Waals surface area contributed by atoms with Gasteiger partial charge in [-0.25, -0.2) is 9.59 Å². The van der Waals surface area contributed by atoms with Crippen molar-refractivity contribution >= 4 is 34.5 Å². The van der Waals surface area contributed by atoms with E-state index in [1.165, 1.54) is 0 Å². The minimum Gasteiger partial charge on any atom is -1.00 e. The number of hydrogen-bond acceptors (Lipinski definition) is 4. The van der Waals surface area contributed by atoms with Gasteiger partial charge >= 0.3 is 17.6 Å². The zero-order valence-corrected chi connectivity index (χ0v) is 22.4. The number of aromatic amines is 1. The second kappa shape index (κ2) is 12.6. The van der Waals surface area contributed by atoms with Gasteiger partial charge in [0.15, 0.2) is 0 Å². The molecule has 4 rings (SSSR count). The summed E-state index contributed by atoms with van der Waals surface area (Å²) in [6, 6.07) is 29.9. The monoisotopic (exact) mass is 677 g/mol. The van der Waals surface area contributed by atoms with E-state index in [-0.39, 0.29) is 48.4 Å². The summed E-state index contributed by atoms with van der Waals surface area (Å²) in [5, 5.41) is 0. The Labute approximate surface area is 228 Å². The van der Waals surface area contributed by atoms with E-state index in [0.29, 0.717) is 5.69 Å². The van der Waals surface area contributed by atoms with Crippen molar-refractivity contribution < 1.29 is 48.0 Å². The minimum absolute atomic E-state index is 0. The van der Waals surface area contributed by atoms with E-state index in [0.717, 1.165) is 20.3 Å². The molecule has 0 aliphatic rings. The Morgan fingerprint density at radius 1 is 0.676 bits per heavy atom. The van der Waals surface area contributed by atoms with Crippen molar-refractivity contribution in [1.82, 2.24) is 0 Å². The summed E-state index contributed by atoms with van der Waals surface area (Å²) in [6.07, 6.45) is 0. The third-order valence-corrected chi connectivity index (χ3v) is 5.90. The highest BCUT2D eigenvalue weighted by atomic mass is 127. The van der Waals surface area contributed by atoms with Crippen molar-refractivity contribution in [3.8, 4) is 11.3 Å². The first-order valence-electron chi connectivity index (χ1n) is 10.3. The van der Waals surface area contributed by atoms with E-state index in [1.807, 2.05) is 84.9 Å². The van der Waals surface area contributed by atoms with Crippen LogP contribution < -0.4 is 29.0 Å². The second-order valence-electron chi connectivity index (χ2n) is 7.26. The molecule has 7 heteroatoms. The van der Waals surface area contributed by atoms with Gasteiger partial charge in [0, 0.05) is 9.64 Å². The van der Waals surface area contributed by atoms with Crippen molar-refractivity contribution in [2.75, 3.05) is 0 Å². The summed E-state index contributed by atoms with van der Waals surface area (Å²) >= 11 is 2.23. The van der Waals surface area contributed by atoms with E-state index in [4.69, 9.17) is 9.47 Å². The summed E-state index contributed by atoms with van der Waals surface area (Å²) in [5.74, 6) is -1.23. The molecule has 0 aliphatic carbocycles. The molecule has 5 nitrogen and oxygen atoms in total. The lowest BCUT2D eigenvalue weighted by Gasteiger charge is -2.08. The number of aromatic nitrogens is 1. The van der Waals surface area contributed by atoms with Crippen LogP contribution in [0, 0.1) is 3.57 Å². The lowest BCUT2D eigenvalue weighted by molar-refractivity contribution is -0.371. The number of hydrogen-bond donors (Lipinski definition) is 0. The number of pyridine rings is 1. The topological polar surface area (TPSA) is 66.7 Å². The van der Waals surface area contributed by atoms with Crippen LogP contribution in [0.25, 0.3) is 11.3 Å². The average Bonchev–Trinajstić information content (AvgIpc) is 2.87. The van der Waals surface area contributed by atoms with Gasteiger partial charge in [-0.15, -0.1) is 0 Å². The molecule has 1 aromatic heterocycles. The number of nitrogens with one attached hydrogen (secondary N) is 1. The highest BCUT2D eigenvalue weighted by Gasteiger charge is 2.29. The fourth-order valence-electron chi connectivity index (χ4n) is 3.26. The Morgan fingerprint density at radius 2 is 1.21 bits per heavy atom. The Hall–Kier alpha value is -2.79. The number of carbonyl (C=O) groups excluding carboxylic acids is 2. The lowest BCUT2D eigenvalue weighted by Crippen LogP contribution is -3.00. The first kappa shape index (κ1) is 25.8. The van der Waals surface area contributed by atoms with Crippen LogP contribution in [0.5, 0.6) is 0 Å². The zero-order valence-electron chi connectivity index (χ0n) is 18.0. The third kappa shape index (κ3) is 6.63. The summed E-state index contributed by atoms with van der Waals surface area (Å²) in [5.41, 5.74) is 3.51. The number of carbonyl (C=O) groups is 2. The molecule has 0 spiro atoms. The molecule has 0 fully saturated rings. The summed E-state index contributed by atoms with van der Waals surface area (Å²) < 4.78 is 12.0. The van der Waals surface area contributed by atoms with E-state index < -0.39 is 11.9 Å². The van der Waals surface area contributed by atoms with Crippen molar-refractivity contribution in [3.63, 3.8) is 0 Å². The molecule has 3 aromatic carbocycles. The first-order chi connectivity index (χ1) is 16.1. The summed E-state index contributed by atoms with van der Waals surface area (Å²) in [7, 11) is 0. The quantitative estimate of drug-likeness (QED) is 0.223. The van der Waals surface area contributed by atoms with Crippen molar-refractivity contribution in [2.45, 2.75) is 13.2 Å². The number of rotatable bonds is 7. The van der Waals surface area contributed by atoms with Gasteiger partial charge in [0.2, 0.25) is 5.69 Å². The summed E-state index contributed by atoms with van der Waals surface area (Å²) in [6.45, 7) is 0.204. The maximum absolute atomic E-state index is 13.0. The predicted molar refractivity (Wildman–Crippen MR) is 132 cm³/mol. The fourth-order valence-corrected chi connectivity index (χ4v) is 3.94. The molecule has 0 atom stereocenters. The van der Waals surface area contributed by atoms with E-state index in [1.54, 1.807) is 12.1 Å². The number of halogens is 2. The third-order valence-electron chi connectivity index (χ3n) is 4.96. The first-order valence-corrected chi connectivity index (χ1v) is 11.4. The molecule has 0 unspecified atom stereocenters. The van der Waals surface area contributed by atoms with Crippen LogP contribution in [0.2, 0.25) is 0 Å². The average molecular weight is 677 g/mol. The molecule has 0 saturated carbocycles. The Balaban J connectivity index is 0.00000324. The van der Waals surface area contributed by atoms with Gasteiger partial charge in [-0.1, -0.05) is 72.8 Å². The van der Waals surface area contributed by atoms with Gasteiger partial charge in [-0.2, -0.15) is 4.98 Å². The van der Waals surface area contributed by atoms with Crippen LogP contribution in [0.4, 0.5) is 0 Å². The largest absolute Gasteiger partial charge is 1.00 e. The lowest BCUT2D eigenvalue weighted by atomic mass is 10.1. The molecular weight excluding hydrogens is 656 g/mol. The van der Waals surface area contributed by atoms with E-state index in [9.17, 15) is 9.59 Å². The number of esters is 2. The molecule has 0 radical (unpaired) electrons. The summed E-state index contributed by atoms with van der Waals surface area (Å²) in [4.78, 5) is 29.0. The van der Waals surface area contributed by atoms with Gasteiger partial charge in [0.25, 0.3) is 0 Å². The highest BCUT2D eigenvalue weighted by molar-refractivity contribution is 14.1. The molecule has 1 heterocycles. The molecule has 0 bridgehead atoms. The van der Waals surface area contributed by atoms with E-state index in [2.05, 4.69) is 27.6 Å². The van der Waals surface area contributed by atoms with E-state index >= 15 is 0 Å². The Bertz CT molecular complexity index is 1260. The molecule has 0 aliphatic heterocycles. The molecular formula is C27H21I2NO4. The van der Waals surface area contributed by atoms with Crippen LogP contribution in [-0.2, 0) is 22.7 Å². The van der Waals surface area contributed by atoms with Gasteiger partial charge in [0.1, 0.15) is 18.8 Å². The van der Waals surface area contributed by atoms with Gasteiger partial charge < -0.3 is 33.5 Å². The SMILES string of the molecule is O=C(OCc1ccccc1)c1ccc(-c2ccccc2I)[nH+]c1C(=O)OCc1ccccc1.[I-]. The van der Waals surface area contributed by atoms with Gasteiger partial charge in [-0.05, 0) is 51.9 Å². The van der Waals surface area contributed by atoms with Crippen LogP contribution in [0.3, 0.4) is 0 Å². The predicted octanol–water partition coefficient (Wildman–Crippen LogP) is 2.49. The second-order valence-corrected chi connectivity index (χ2v) is 8.43. The minimum atomic E-state index is -0.627. The standard InChI is InChI=1S/C27H20INO4.HI/c28-23-14-8-7-13-21(23)24-16-15-22(26(30)32-17-19-9-3-1-4-10-19)25(29-24)27(31)33-18-20-11-5-2-6-12-20;/h1-16H,17-18H2;1H. The molecule has 172 valence electrons. The maximum Gasteiger partial charge on any atom is 0.404 e. The smallest absolute Gasteiger partial charge is 0.404 e. The van der Waals surface area contributed by atoms with Crippen molar-refractivity contribution in [1.29, 1.82) is 0 Å². The van der Waals surface area contributed by atoms with Crippen LogP contribution in [0.1, 0.15) is 32.0 Å². The molecule has 0 amide bonds. The normalized spacial score (nSPS) is 10.1. The molecule has 4 aromatic rings. The number of ether oxygens (including phenoxy) is 2. The van der Waals surface area contributed by atoms with Crippen LogP contribution in [-0.4, -0.2) is 11.9 Å².